The number of likely N-dealkylation sites (N-methyl/N-ethyl adjacent to an activating group) is 1. The quantitative estimate of drug-likeness (QED) is 0.555. The van der Waals surface area contributed by atoms with Crippen molar-refractivity contribution in [1.82, 2.24) is 4.90 Å². The molecule has 11 heavy (non-hydrogen) atoms. The van der Waals surface area contributed by atoms with Gasteiger partial charge in [0, 0.05) is 13.0 Å². The number of carbonyl (C=O) groups is 1. The summed E-state index contributed by atoms with van der Waals surface area (Å²) in [6.45, 7) is 0.804. The molecule has 1 heterocycles. The van der Waals surface area contributed by atoms with Crippen molar-refractivity contribution in [2.45, 2.75) is 12.6 Å². The molecule has 1 rings (SSSR count). The minimum absolute atomic E-state index is 0.183. The average Bonchev–Trinajstić information content (AvgIpc) is 1.93. The number of nitrogens with zero attached hydrogens (tertiary/aromatic N) is 1. The van der Waals surface area contributed by atoms with Crippen LogP contribution in [0.4, 0.5) is 4.79 Å². The van der Waals surface area contributed by atoms with Gasteiger partial charge in [0.2, 0.25) is 0 Å². The Labute approximate surface area is 65.6 Å². The van der Waals surface area contributed by atoms with Crippen LogP contribution in [0.15, 0.2) is 12.2 Å². The summed E-state index contributed by atoms with van der Waals surface area (Å²) in [5.74, 6) is 0. The van der Waals surface area contributed by atoms with Crippen molar-refractivity contribution in [3.8, 4) is 0 Å². The molecule has 0 aromatic rings. The zero-order chi connectivity index (χ0) is 8.27. The fraction of sp³-hybridized carbons (Fsp3) is 0.571. The number of carbonyl (C=O) groups excluding carboxylic acids is 1. The van der Waals surface area contributed by atoms with Crippen LogP contribution in [0.3, 0.4) is 0 Å². The third-order valence-electron chi connectivity index (χ3n) is 1.64. The summed E-state index contributed by atoms with van der Waals surface area (Å²) >= 11 is 0. The number of nitrogens with two attached hydrogens (primary N) is 1. The van der Waals surface area contributed by atoms with Gasteiger partial charge in [0.25, 0.3) is 0 Å². The molecule has 0 radical (unpaired) electrons. The minimum atomic E-state index is -0.711. The first-order valence-corrected chi connectivity index (χ1v) is 3.51. The SMILES string of the molecule is CN1CC=CCC1OC(N)=O. The third-order valence-corrected chi connectivity index (χ3v) is 1.64. The lowest BCUT2D eigenvalue weighted by Crippen LogP contribution is -2.38. The fourth-order valence-corrected chi connectivity index (χ4v) is 1.02. The van der Waals surface area contributed by atoms with Crippen LogP contribution < -0.4 is 5.73 Å². The van der Waals surface area contributed by atoms with E-state index in [2.05, 4.69) is 0 Å². The van der Waals surface area contributed by atoms with Crippen molar-refractivity contribution < 1.29 is 9.53 Å². The van der Waals surface area contributed by atoms with Crippen molar-refractivity contribution in [2.24, 2.45) is 5.73 Å². The van der Waals surface area contributed by atoms with Gasteiger partial charge in [0.05, 0.1) is 0 Å². The number of hydrogen-bond donors (Lipinski definition) is 1. The van der Waals surface area contributed by atoms with Gasteiger partial charge in [0.15, 0.2) is 6.23 Å². The van der Waals surface area contributed by atoms with E-state index in [9.17, 15) is 4.79 Å². The molecule has 0 bridgehead atoms. The lowest BCUT2D eigenvalue weighted by atomic mass is 10.2. The first-order chi connectivity index (χ1) is 5.20. The van der Waals surface area contributed by atoms with Crippen LogP contribution in [-0.4, -0.2) is 30.8 Å². The summed E-state index contributed by atoms with van der Waals surface area (Å²) in [5.41, 5.74) is 4.87. The zero-order valence-corrected chi connectivity index (χ0v) is 6.49. The monoisotopic (exact) mass is 156 g/mol. The summed E-state index contributed by atoms with van der Waals surface area (Å²) < 4.78 is 4.82. The van der Waals surface area contributed by atoms with Crippen LogP contribution in [0.2, 0.25) is 0 Å². The Hall–Kier alpha value is -1.03. The lowest BCUT2D eigenvalue weighted by Gasteiger charge is -2.27. The Morgan fingerprint density at radius 3 is 3.00 bits per heavy atom. The Kier molecular flexibility index (Phi) is 2.48. The highest BCUT2D eigenvalue weighted by molar-refractivity contribution is 5.64. The molecule has 1 aliphatic heterocycles. The molecule has 62 valence electrons. The summed E-state index contributed by atoms with van der Waals surface area (Å²) in [6, 6.07) is 0. The van der Waals surface area contributed by atoms with Crippen molar-refractivity contribution >= 4 is 6.09 Å². The van der Waals surface area contributed by atoms with Crippen LogP contribution in [-0.2, 0) is 4.74 Å². The number of primary amides is 1. The average molecular weight is 156 g/mol. The largest absolute Gasteiger partial charge is 0.430 e. The van der Waals surface area contributed by atoms with Gasteiger partial charge >= 0.3 is 6.09 Å². The van der Waals surface area contributed by atoms with Gasteiger partial charge in [-0.1, -0.05) is 12.2 Å². The third kappa shape index (κ3) is 2.23. The summed E-state index contributed by atoms with van der Waals surface area (Å²) in [6.07, 6.45) is 3.84. The molecule has 1 unspecified atom stereocenters. The van der Waals surface area contributed by atoms with Crippen molar-refractivity contribution in [2.75, 3.05) is 13.6 Å². The Morgan fingerprint density at radius 2 is 2.45 bits per heavy atom. The predicted molar refractivity (Wildman–Crippen MR) is 40.8 cm³/mol. The molecule has 1 aliphatic rings. The maximum Gasteiger partial charge on any atom is 0.406 e. The standard InChI is InChI=1S/C7H12N2O2/c1-9-5-3-2-4-6(9)11-7(8)10/h2-3,6H,4-5H2,1H3,(H2,8,10). The number of amides is 1. The number of ether oxygens (including phenoxy) is 1. The van der Waals surface area contributed by atoms with Crippen molar-refractivity contribution in [3.05, 3.63) is 12.2 Å². The van der Waals surface area contributed by atoms with E-state index in [4.69, 9.17) is 10.5 Å². The van der Waals surface area contributed by atoms with E-state index in [-0.39, 0.29) is 6.23 Å². The molecule has 0 aromatic carbocycles. The molecule has 0 saturated carbocycles. The van der Waals surface area contributed by atoms with Gasteiger partial charge in [-0.3, -0.25) is 4.90 Å². The van der Waals surface area contributed by atoms with Gasteiger partial charge < -0.3 is 10.5 Å². The van der Waals surface area contributed by atoms with Gasteiger partial charge in [0.1, 0.15) is 0 Å². The maximum atomic E-state index is 10.4. The molecular formula is C7H12N2O2. The number of rotatable bonds is 1. The minimum Gasteiger partial charge on any atom is -0.430 e. The summed E-state index contributed by atoms with van der Waals surface area (Å²) in [5, 5.41) is 0. The molecular weight excluding hydrogens is 144 g/mol. The first kappa shape index (κ1) is 8.07. The molecule has 0 aromatic heterocycles. The van der Waals surface area contributed by atoms with Crippen LogP contribution in [0.25, 0.3) is 0 Å². The zero-order valence-electron chi connectivity index (χ0n) is 6.49. The van der Waals surface area contributed by atoms with Crippen LogP contribution >= 0.6 is 0 Å². The number of hydrogen-bond acceptors (Lipinski definition) is 3. The second-order valence-electron chi connectivity index (χ2n) is 2.54. The van der Waals surface area contributed by atoms with Gasteiger partial charge in [-0.2, -0.15) is 0 Å². The van der Waals surface area contributed by atoms with E-state index < -0.39 is 6.09 Å². The second-order valence-corrected chi connectivity index (χ2v) is 2.54. The lowest BCUT2D eigenvalue weighted by molar-refractivity contribution is 0.00931. The maximum absolute atomic E-state index is 10.4. The Bertz CT molecular complexity index is 179. The van der Waals surface area contributed by atoms with Gasteiger partial charge in [-0.05, 0) is 7.05 Å². The molecule has 0 aliphatic carbocycles. The predicted octanol–water partition coefficient (Wildman–Crippen LogP) is 0.300. The van der Waals surface area contributed by atoms with Crippen LogP contribution in [0.1, 0.15) is 6.42 Å². The van der Waals surface area contributed by atoms with E-state index in [0.717, 1.165) is 13.0 Å². The normalized spacial score (nSPS) is 25.0. The molecule has 1 atom stereocenters. The van der Waals surface area contributed by atoms with Crippen LogP contribution in [0.5, 0.6) is 0 Å². The molecule has 0 saturated heterocycles. The summed E-state index contributed by atoms with van der Waals surface area (Å²) in [7, 11) is 1.89. The highest BCUT2D eigenvalue weighted by atomic mass is 16.6. The van der Waals surface area contributed by atoms with E-state index >= 15 is 0 Å². The summed E-state index contributed by atoms with van der Waals surface area (Å²) in [4.78, 5) is 12.3. The Balaban J connectivity index is 2.44. The topological polar surface area (TPSA) is 55.6 Å². The second kappa shape index (κ2) is 3.39. The van der Waals surface area contributed by atoms with E-state index in [1.807, 2.05) is 24.1 Å². The first-order valence-electron chi connectivity index (χ1n) is 3.51. The van der Waals surface area contributed by atoms with Crippen LogP contribution in [0, 0.1) is 0 Å². The van der Waals surface area contributed by atoms with E-state index in [1.165, 1.54) is 0 Å². The van der Waals surface area contributed by atoms with E-state index in [1.54, 1.807) is 0 Å². The van der Waals surface area contributed by atoms with Crippen molar-refractivity contribution in [3.63, 3.8) is 0 Å². The molecule has 0 spiro atoms. The molecule has 4 heteroatoms. The highest BCUT2D eigenvalue weighted by Crippen LogP contribution is 2.09. The smallest absolute Gasteiger partial charge is 0.406 e. The molecule has 1 amide bonds. The highest BCUT2D eigenvalue weighted by Gasteiger charge is 2.17. The molecule has 2 N–H and O–H groups in total. The fourth-order valence-electron chi connectivity index (χ4n) is 1.02. The Morgan fingerprint density at radius 1 is 1.73 bits per heavy atom. The molecule has 4 nitrogen and oxygen atoms in total. The van der Waals surface area contributed by atoms with Gasteiger partial charge in [-0.25, -0.2) is 4.79 Å². The molecule has 0 fully saturated rings. The van der Waals surface area contributed by atoms with Gasteiger partial charge in [-0.15, -0.1) is 0 Å². The van der Waals surface area contributed by atoms with E-state index in [0.29, 0.717) is 0 Å². The van der Waals surface area contributed by atoms with Crippen molar-refractivity contribution in [1.29, 1.82) is 0 Å².